The average molecular weight is 387 g/mol. The van der Waals surface area contributed by atoms with Crippen LogP contribution in [0.3, 0.4) is 0 Å². The molecule has 0 saturated heterocycles. The molecule has 3 nitrogen and oxygen atoms in total. The van der Waals surface area contributed by atoms with Crippen molar-refractivity contribution in [2.24, 2.45) is 0 Å². The molecule has 1 aromatic heterocycles. The summed E-state index contributed by atoms with van der Waals surface area (Å²) in [6.07, 6.45) is 3.62. The highest BCUT2D eigenvalue weighted by atomic mass is 127. The van der Waals surface area contributed by atoms with Crippen molar-refractivity contribution in [3.63, 3.8) is 0 Å². The molecule has 0 bridgehead atoms. The largest absolute Gasteiger partial charge is 0.343 e. The standard InChI is InChI=1S/C17H14IN3/c18-15-11-19-17(20-12-15)21-16(13-7-3-1-4-8-13)14-9-5-2-6-10-14/h1-12,16H,(H,19,20,21). The van der Waals surface area contributed by atoms with E-state index in [1.807, 2.05) is 48.8 Å². The molecule has 0 amide bonds. The van der Waals surface area contributed by atoms with Gasteiger partial charge in [-0.15, -0.1) is 0 Å². The first-order chi connectivity index (χ1) is 10.3. The molecule has 0 atom stereocenters. The van der Waals surface area contributed by atoms with Crippen molar-refractivity contribution in [2.45, 2.75) is 6.04 Å². The van der Waals surface area contributed by atoms with Crippen molar-refractivity contribution in [3.05, 3.63) is 87.8 Å². The minimum absolute atomic E-state index is 0.0347. The number of hydrogen-bond acceptors (Lipinski definition) is 3. The zero-order valence-corrected chi connectivity index (χ0v) is 13.4. The van der Waals surface area contributed by atoms with Gasteiger partial charge < -0.3 is 5.32 Å². The Labute approximate surface area is 137 Å². The third kappa shape index (κ3) is 3.58. The van der Waals surface area contributed by atoms with E-state index in [9.17, 15) is 0 Å². The van der Waals surface area contributed by atoms with Gasteiger partial charge >= 0.3 is 0 Å². The van der Waals surface area contributed by atoms with E-state index in [1.54, 1.807) is 0 Å². The maximum atomic E-state index is 4.34. The molecule has 1 N–H and O–H groups in total. The number of aromatic nitrogens is 2. The van der Waals surface area contributed by atoms with Crippen LogP contribution in [0.15, 0.2) is 73.1 Å². The molecule has 0 unspecified atom stereocenters. The van der Waals surface area contributed by atoms with E-state index >= 15 is 0 Å². The van der Waals surface area contributed by atoms with Crippen molar-refractivity contribution in [1.82, 2.24) is 9.97 Å². The number of nitrogens with zero attached hydrogens (tertiary/aromatic N) is 2. The molecule has 104 valence electrons. The van der Waals surface area contributed by atoms with E-state index < -0.39 is 0 Å². The van der Waals surface area contributed by atoms with Crippen LogP contribution in [-0.4, -0.2) is 9.97 Å². The van der Waals surface area contributed by atoms with Crippen LogP contribution in [0.2, 0.25) is 0 Å². The highest BCUT2D eigenvalue weighted by molar-refractivity contribution is 14.1. The maximum absolute atomic E-state index is 4.34. The lowest BCUT2D eigenvalue weighted by molar-refractivity contribution is 0.907. The van der Waals surface area contributed by atoms with E-state index in [0.717, 1.165) is 3.57 Å². The molecule has 0 aliphatic rings. The summed E-state index contributed by atoms with van der Waals surface area (Å²) in [4.78, 5) is 8.68. The van der Waals surface area contributed by atoms with Crippen molar-refractivity contribution in [1.29, 1.82) is 0 Å². The van der Waals surface area contributed by atoms with Crippen LogP contribution < -0.4 is 5.32 Å². The van der Waals surface area contributed by atoms with Crippen molar-refractivity contribution < 1.29 is 0 Å². The summed E-state index contributed by atoms with van der Waals surface area (Å²) >= 11 is 2.20. The van der Waals surface area contributed by atoms with Crippen LogP contribution in [0.4, 0.5) is 5.95 Å². The van der Waals surface area contributed by atoms with E-state index in [1.165, 1.54) is 11.1 Å². The van der Waals surface area contributed by atoms with Crippen molar-refractivity contribution in [3.8, 4) is 0 Å². The monoisotopic (exact) mass is 387 g/mol. The van der Waals surface area contributed by atoms with Crippen LogP contribution in [0, 0.1) is 3.57 Å². The molecule has 0 aliphatic carbocycles. The summed E-state index contributed by atoms with van der Waals surface area (Å²) < 4.78 is 1.02. The number of hydrogen-bond donors (Lipinski definition) is 1. The predicted molar refractivity (Wildman–Crippen MR) is 93.1 cm³/mol. The fraction of sp³-hybridized carbons (Fsp3) is 0.0588. The summed E-state index contributed by atoms with van der Waals surface area (Å²) in [5, 5.41) is 3.41. The maximum Gasteiger partial charge on any atom is 0.223 e. The zero-order valence-electron chi connectivity index (χ0n) is 11.3. The minimum Gasteiger partial charge on any atom is -0.343 e. The second-order valence-corrected chi connectivity index (χ2v) is 5.87. The van der Waals surface area contributed by atoms with Gasteiger partial charge in [0.05, 0.1) is 6.04 Å². The van der Waals surface area contributed by atoms with Gasteiger partial charge in [-0.05, 0) is 33.7 Å². The lowest BCUT2D eigenvalue weighted by Crippen LogP contribution is -2.14. The fourth-order valence-corrected chi connectivity index (χ4v) is 2.44. The Morgan fingerprint density at radius 3 is 1.71 bits per heavy atom. The van der Waals surface area contributed by atoms with E-state index in [2.05, 4.69) is 62.1 Å². The Morgan fingerprint density at radius 1 is 0.762 bits per heavy atom. The molecule has 3 aromatic rings. The predicted octanol–water partition coefficient (Wildman–Crippen LogP) is 4.28. The van der Waals surface area contributed by atoms with Gasteiger partial charge in [0.2, 0.25) is 5.95 Å². The highest BCUT2D eigenvalue weighted by Gasteiger charge is 2.14. The molecule has 21 heavy (non-hydrogen) atoms. The fourth-order valence-electron chi connectivity index (χ4n) is 2.17. The lowest BCUT2D eigenvalue weighted by atomic mass is 9.99. The molecular formula is C17H14IN3. The summed E-state index contributed by atoms with van der Waals surface area (Å²) in [7, 11) is 0. The Bertz CT molecular complexity index is 645. The Morgan fingerprint density at radius 2 is 1.24 bits per heavy atom. The van der Waals surface area contributed by atoms with Crippen LogP contribution in [0.1, 0.15) is 17.2 Å². The summed E-state index contributed by atoms with van der Waals surface area (Å²) in [5.74, 6) is 0.633. The first-order valence-corrected chi connectivity index (χ1v) is 7.75. The van der Waals surface area contributed by atoms with Gasteiger partial charge in [-0.1, -0.05) is 60.7 Å². The SMILES string of the molecule is Ic1cnc(NC(c2ccccc2)c2ccccc2)nc1. The number of nitrogens with one attached hydrogen (secondary N) is 1. The third-order valence-corrected chi connectivity index (χ3v) is 3.72. The number of halogens is 1. The van der Waals surface area contributed by atoms with Gasteiger partial charge in [-0.3, -0.25) is 0 Å². The first kappa shape index (κ1) is 14.0. The van der Waals surface area contributed by atoms with Gasteiger partial charge in [-0.2, -0.15) is 0 Å². The van der Waals surface area contributed by atoms with E-state index in [0.29, 0.717) is 5.95 Å². The molecule has 0 saturated carbocycles. The Hall–Kier alpha value is -1.95. The van der Waals surface area contributed by atoms with Crippen LogP contribution in [0.5, 0.6) is 0 Å². The molecule has 0 radical (unpaired) electrons. The highest BCUT2D eigenvalue weighted by Crippen LogP contribution is 2.25. The summed E-state index contributed by atoms with van der Waals surface area (Å²) in [6, 6.07) is 20.7. The summed E-state index contributed by atoms with van der Waals surface area (Å²) in [6.45, 7) is 0. The van der Waals surface area contributed by atoms with E-state index in [-0.39, 0.29) is 6.04 Å². The topological polar surface area (TPSA) is 37.8 Å². The van der Waals surface area contributed by atoms with Gasteiger partial charge in [0.15, 0.2) is 0 Å². The van der Waals surface area contributed by atoms with Crippen molar-refractivity contribution in [2.75, 3.05) is 5.32 Å². The molecule has 2 aromatic carbocycles. The quantitative estimate of drug-likeness (QED) is 0.679. The minimum atomic E-state index is 0.0347. The Balaban J connectivity index is 1.95. The number of benzene rings is 2. The van der Waals surface area contributed by atoms with Crippen molar-refractivity contribution >= 4 is 28.5 Å². The first-order valence-electron chi connectivity index (χ1n) is 6.67. The molecule has 1 heterocycles. The second-order valence-electron chi connectivity index (χ2n) is 4.62. The molecule has 0 spiro atoms. The van der Waals surface area contributed by atoms with Crippen LogP contribution in [-0.2, 0) is 0 Å². The summed E-state index contributed by atoms with van der Waals surface area (Å²) in [5.41, 5.74) is 2.37. The number of rotatable bonds is 4. The van der Waals surface area contributed by atoms with Gasteiger partial charge in [0, 0.05) is 16.0 Å². The van der Waals surface area contributed by atoms with E-state index in [4.69, 9.17) is 0 Å². The van der Waals surface area contributed by atoms with Crippen LogP contribution in [0.25, 0.3) is 0 Å². The third-order valence-electron chi connectivity index (χ3n) is 3.16. The average Bonchev–Trinajstić information content (AvgIpc) is 2.56. The Kier molecular flexibility index (Phi) is 4.45. The lowest BCUT2D eigenvalue weighted by Gasteiger charge is -2.19. The second kappa shape index (κ2) is 6.67. The normalized spacial score (nSPS) is 10.6. The smallest absolute Gasteiger partial charge is 0.223 e. The van der Waals surface area contributed by atoms with Gasteiger partial charge in [0.1, 0.15) is 0 Å². The molecule has 4 heteroatoms. The molecule has 3 rings (SSSR count). The molecular weight excluding hydrogens is 373 g/mol. The van der Waals surface area contributed by atoms with Gasteiger partial charge in [-0.25, -0.2) is 9.97 Å². The molecule has 0 aliphatic heterocycles. The van der Waals surface area contributed by atoms with Crippen LogP contribution >= 0.6 is 22.6 Å². The molecule has 0 fully saturated rings. The number of anilines is 1. The van der Waals surface area contributed by atoms with Gasteiger partial charge in [0.25, 0.3) is 0 Å². The zero-order chi connectivity index (χ0) is 14.5.